The maximum Gasteiger partial charge on any atom is 0.416 e. The molecule has 1 saturated heterocycles. The highest BCUT2D eigenvalue weighted by Gasteiger charge is 2.34. The molecule has 1 fully saturated rings. The molecule has 0 aliphatic carbocycles. The second-order valence-corrected chi connectivity index (χ2v) is 5.90. The summed E-state index contributed by atoms with van der Waals surface area (Å²) in [6.45, 7) is 2.94. The first-order chi connectivity index (χ1) is 12.0. The minimum Gasteiger partial charge on any atom is -0.378 e. The van der Waals surface area contributed by atoms with Crippen LogP contribution in [0.15, 0.2) is 42.7 Å². The molecule has 25 heavy (non-hydrogen) atoms. The van der Waals surface area contributed by atoms with Crippen LogP contribution in [-0.4, -0.2) is 31.3 Å². The van der Waals surface area contributed by atoms with Gasteiger partial charge in [-0.15, -0.1) is 0 Å². The van der Waals surface area contributed by atoms with Crippen LogP contribution in [0.4, 0.5) is 18.9 Å². The Labute approximate surface area is 144 Å². The van der Waals surface area contributed by atoms with Gasteiger partial charge in [0.2, 0.25) is 0 Å². The van der Waals surface area contributed by atoms with Gasteiger partial charge in [0.05, 0.1) is 18.8 Å². The molecule has 0 spiro atoms. The molecule has 0 atom stereocenters. The summed E-state index contributed by atoms with van der Waals surface area (Å²) in [5, 5.41) is 3.07. The predicted molar refractivity (Wildman–Crippen MR) is 89.3 cm³/mol. The second kappa shape index (κ2) is 7.84. The van der Waals surface area contributed by atoms with Gasteiger partial charge < -0.3 is 15.0 Å². The van der Waals surface area contributed by atoms with Crippen LogP contribution in [0, 0.1) is 0 Å². The van der Waals surface area contributed by atoms with Gasteiger partial charge in [0, 0.05) is 44.3 Å². The topological polar surface area (TPSA) is 37.4 Å². The number of benzene rings is 1. The van der Waals surface area contributed by atoms with Gasteiger partial charge in [-0.2, -0.15) is 13.2 Å². The van der Waals surface area contributed by atoms with Crippen LogP contribution in [0.5, 0.6) is 0 Å². The van der Waals surface area contributed by atoms with Gasteiger partial charge in [0.15, 0.2) is 0 Å². The number of pyridine rings is 1. The summed E-state index contributed by atoms with van der Waals surface area (Å²) in [6, 6.07) is 8.23. The largest absolute Gasteiger partial charge is 0.416 e. The van der Waals surface area contributed by atoms with Crippen LogP contribution in [0.2, 0.25) is 0 Å². The third-order valence-electron chi connectivity index (χ3n) is 4.17. The summed E-state index contributed by atoms with van der Waals surface area (Å²) in [6.07, 6.45) is -1.06. The first kappa shape index (κ1) is 17.7. The molecule has 4 nitrogen and oxygen atoms in total. The van der Waals surface area contributed by atoms with Crippen molar-refractivity contribution in [2.24, 2.45) is 0 Å². The summed E-state index contributed by atoms with van der Waals surface area (Å²) in [5.41, 5.74) is 1.24. The van der Waals surface area contributed by atoms with Gasteiger partial charge in [-0.3, -0.25) is 4.98 Å². The monoisotopic (exact) mass is 351 g/mol. The second-order valence-electron chi connectivity index (χ2n) is 5.90. The number of alkyl halides is 3. The van der Waals surface area contributed by atoms with E-state index < -0.39 is 11.7 Å². The fraction of sp³-hybridized carbons (Fsp3) is 0.389. The minimum atomic E-state index is -4.38. The van der Waals surface area contributed by atoms with Crippen molar-refractivity contribution in [1.82, 2.24) is 10.3 Å². The van der Waals surface area contributed by atoms with Crippen LogP contribution >= 0.6 is 0 Å². The van der Waals surface area contributed by atoms with Crippen LogP contribution < -0.4 is 10.2 Å². The molecule has 1 aliphatic heterocycles. The molecule has 1 aromatic carbocycles. The molecule has 1 aliphatic rings. The van der Waals surface area contributed by atoms with Crippen molar-refractivity contribution in [1.29, 1.82) is 0 Å². The third-order valence-corrected chi connectivity index (χ3v) is 4.17. The molecule has 0 bridgehead atoms. The van der Waals surface area contributed by atoms with Crippen LogP contribution in [0.1, 0.15) is 16.7 Å². The Balaban J connectivity index is 1.73. The minimum absolute atomic E-state index is 0.153. The lowest BCUT2D eigenvalue weighted by molar-refractivity contribution is -0.138. The lowest BCUT2D eigenvalue weighted by atomic mass is 10.0. The van der Waals surface area contributed by atoms with E-state index in [2.05, 4.69) is 10.3 Å². The molecular formula is C18H20F3N3O. The number of morpholine rings is 1. The zero-order valence-electron chi connectivity index (χ0n) is 13.7. The van der Waals surface area contributed by atoms with Gasteiger partial charge in [-0.05, 0) is 35.4 Å². The van der Waals surface area contributed by atoms with Crippen molar-refractivity contribution in [2.45, 2.75) is 19.3 Å². The summed E-state index contributed by atoms with van der Waals surface area (Å²) < 4.78 is 45.7. The Kier molecular flexibility index (Phi) is 5.55. The van der Waals surface area contributed by atoms with E-state index in [4.69, 9.17) is 4.74 Å². The number of nitrogens with one attached hydrogen (secondary N) is 1. The van der Waals surface area contributed by atoms with E-state index in [1.165, 1.54) is 6.07 Å². The quantitative estimate of drug-likeness (QED) is 0.898. The molecule has 0 unspecified atom stereocenters. The lowest BCUT2D eigenvalue weighted by Gasteiger charge is -2.29. The predicted octanol–water partition coefficient (Wildman–Crippen LogP) is 3.23. The molecule has 134 valence electrons. The number of anilines is 1. The van der Waals surface area contributed by atoms with Crippen molar-refractivity contribution in [3.63, 3.8) is 0 Å². The van der Waals surface area contributed by atoms with Crippen molar-refractivity contribution < 1.29 is 17.9 Å². The number of rotatable bonds is 5. The van der Waals surface area contributed by atoms with E-state index in [-0.39, 0.29) is 12.1 Å². The van der Waals surface area contributed by atoms with Gasteiger partial charge in [-0.25, -0.2) is 0 Å². The number of aromatic nitrogens is 1. The Hall–Kier alpha value is -2.12. The number of hydrogen-bond donors (Lipinski definition) is 1. The molecule has 1 N–H and O–H groups in total. The highest BCUT2D eigenvalue weighted by Crippen LogP contribution is 2.35. The SMILES string of the molecule is FC(F)(F)c1cc(N2CCOCC2)ccc1CNCc1ccncc1. The molecule has 0 radical (unpaired) electrons. The van der Waals surface area contributed by atoms with E-state index in [1.807, 2.05) is 17.0 Å². The molecule has 7 heteroatoms. The lowest BCUT2D eigenvalue weighted by Crippen LogP contribution is -2.36. The van der Waals surface area contributed by atoms with Gasteiger partial charge in [0.1, 0.15) is 0 Å². The zero-order valence-corrected chi connectivity index (χ0v) is 13.7. The van der Waals surface area contributed by atoms with Crippen molar-refractivity contribution in [3.05, 3.63) is 59.4 Å². The van der Waals surface area contributed by atoms with Crippen LogP contribution in [0.25, 0.3) is 0 Å². The highest BCUT2D eigenvalue weighted by atomic mass is 19.4. The average Bonchev–Trinajstić information content (AvgIpc) is 2.63. The molecule has 0 saturated carbocycles. The number of hydrogen-bond acceptors (Lipinski definition) is 4. The van der Waals surface area contributed by atoms with Gasteiger partial charge in [0.25, 0.3) is 0 Å². The maximum absolute atomic E-state index is 13.5. The van der Waals surface area contributed by atoms with E-state index >= 15 is 0 Å². The molecule has 1 aromatic heterocycles. The summed E-state index contributed by atoms with van der Waals surface area (Å²) in [4.78, 5) is 5.85. The number of halogens is 3. The van der Waals surface area contributed by atoms with Crippen LogP contribution in [0.3, 0.4) is 0 Å². The van der Waals surface area contributed by atoms with Gasteiger partial charge >= 0.3 is 6.18 Å². The van der Waals surface area contributed by atoms with Gasteiger partial charge in [-0.1, -0.05) is 6.07 Å². The number of nitrogens with zero attached hydrogens (tertiary/aromatic N) is 2. The third kappa shape index (κ3) is 4.70. The first-order valence-corrected chi connectivity index (χ1v) is 8.16. The zero-order chi connectivity index (χ0) is 17.7. The summed E-state index contributed by atoms with van der Waals surface area (Å²) in [5.74, 6) is 0. The normalized spacial score (nSPS) is 15.4. The maximum atomic E-state index is 13.5. The Morgan fingerprint density at radius 1 is 1.04 bits per heavy atom. The Morgan fingerprint density at radius 3 is 2.44 bits per heavy atom. The average molecular weight is 351 g/mol. The van der Waals surface area contributed by atoms with Crippen LogP contribution in [-0.2, 0) is 24.0 Å². The smallest absolute Gasteiger partial charge is 0.378 e. The molecule has 0 amide bonds. The Morgan fingerprint density at radius 2 is 1.76 bits per heavy atom. The van der Waals surface area contributed by atoms with E-state index in [9.17, 15) is 13.2 Å². The number of ether oxygens (including phenoxy) is 1. The van der Waals surface area contributed by atoms with E-state index in [0.29, 0.717) is 38.5 Å². The molecule has 2 heterocycles. The van der Waals surface area contributed by atoms with Crippen molar-refractivity contribution in [2.75, 3.05) is 31.2 Å². The molecular weight excluding hydrogens is 331 g/mol. The fourth-order valence-corrected chi connectivity index (χ4v) is 2.84. The van der Waals surface area contributed by atoms with E-state index in [1.54, 1.807) is 24.5 Å². The van der Waals surface area contributed by atoms with Crippen molar-refractivity contribution in [3.8, 4) is 0 Å². The van der Waals surface area contributed by atoms with Crippen molar-refractivity contribution >= 4 is 5.69 Å². The summed E-state index contributed by atoms with van der Waals surface area (Å²) >= 11 is 0. The highest BCUT2D eigenvalue weighted by molar-refractivity contribution is 5.52. The molecule has 3 rings (SSSR count). The first-order valence-electron chi connectivity index (χ1n) is 8.16. The summed E-state index contributed by atoms with van der Waals surface area (Å²) in [7, 11) is 0. The fourth-order valence-electron chi connectivity index (χ4n) is 2.84. The Bertz CT molecular complexity index is 686. The van der Waals surface area contributed by atoms with E-state index in [0.717, 1.165) is 5.56 Å². The standard InChI is InChI=1S/C18H20F3N3O/c19-18(20,21)17-11-16(24-7-9-25-10-8-24)2-1-15(17)13-23-12-14-3-5-22-6-4-14/h1-6,11,23H,7-10,12-13H2. The molecule has 2 aromatic rings.